The minimum absolute atomic E-state index is 0.0565. The van der Waals surface area contributed by atoms with E-state index in [9.17, 15) is 20.4 Å². The topological polar surface area (TPSA) is 80.9 Å². The highest BCUT2D eigenvalue weighted by Crippen LogP contribution is 2.76. The van der Waals surface area contributed by atoms with Gasteiger partial charge in [0.05, 0.1) is 23.4 Å². The molecule has 10 atom stereocenters. The van der Waals surface area contributed by atoms with Crippen LogP contribution in [-0.4, -0.2) is 43.8 Å². The van der Waals surface area contributed by atoms with E-state index in [0.29, 0.717) is 25.2 Å². The molecule has 0 heterocycles. The van der Waals surface area contributed by atoms with Crippen LogP contribution in [-0.2, 0) is 0 Å². The van der Waals surface area contributed by atoms with Crippen molar-refractivity contribution in [2.24, 2.45) is 39.4 Å². The lowest BCUT2D eigenvalue weighted by Gasteiger charge is -2.72. The molecule has 4 nitrogen and oxygen atoms in total. The molecule has 0 amide bonds. The summed E-state index contributed by atoms with van der Waals surface area (Å²) in [7, 11) is 0. The molecule has 0 unspecified atom stereocenters. The maximum absolute atomic E-state index is 12.5. The Morgan fingerprint density at radius 1 is 0.971 bits per heavy atom. The highest BCUT2D eigenvalue weighted by Gasteiger charge is 2.75. The fourth-order valence-electron chi connectivity index (χ4n) is 10.6. The van der Waals surface area contributed by atoms with Crippen LogP contribution in [0, 0.1) is 39.4 Å². The van der Waals surface area contributed by atoms with Crippen LogP contribution in [0.1, 0.15) is 113 Å². The van der Waals surface area contributed by atoms with Crippen LogP contribution in [0.4, 0.5) is 0 Å². The van der Waals surface area contributed by atoms with Crippen molar-refractivity contribution < 1.29 is 20.4 Å². The van der Waals surface area contributed by atoms with Gasteiger partial charge >= 0.3 is 0 Å². The van der Waals surface area contributed by atoms with Gasteiger partial charge in [0.1, 0.15) is 0 Å². The first-order valence-corrected chi connectivity index (χ1v) is 13.9. The first kappa shape index (κ1) is 26.6. The second-order valence-corrected chi connectivity index (χ2v) is 14.7. The molecule has 0 aromatic rings. The van der Waals surface area contributed by atoms with Crippen molar-refractivity contribution in [1.29, 1.82) is 0 Å². The van der Waals surface area contributed by atoms with Gasteiger partial charge in [-0.2, -0.15) is 0 Å². The third-order valence-electron chi connectivity index (χ3n) is 12.4. The minimum atomic E-state index is -0.931. The maximum Gasteiger partial charge on any atom is 0.0761 e. The molecule has 0 spiro atoms. The predicted molar refractivity (Wildman–Crippen MR) is 137 cm³/mol. The van der Waals surface area contributed by atoms with Crippen molar-refractivity contribution in [3.63, 3.8) is 0 Å². The van der Waals surface area contributed by atoms with Gasteiger partial charge in [-0.05, 0) is 107 Å². The average Bonchev–Trinajstić information content (AvgIpc) is 2.97. The Balaban J connectivity index is 1.71. The summed E-state index contributed by atoms with van der Waals surface area (Å²) < 4.78 is 0. The molecule has 4 fully saturated rings. The van der Waals surface area contributed by atoms with Crippen LogP contribution in [0.5, 0.6) is 0 Å². The minimum Gasteiger partial charge on any atom is -0.393 e. The Morgan fingerprint density at radius 3 is 2.24 bits per heavy atom. The molecule has 4 heteroatoms. The van der Waals surface area contributed by atoms with E-state index in [1.807, 2.05) is 6.92 Å². The molecular formula is C30H52O4. The van der Waals surface area contributed by atoms with E-state index in [0.717, 1.165) is 38.5 Å². The van der Waals surface area contributed by atoms with Gasteiger partial charge in [-0.25, -0.2) is 0 Å². The molecule has 0 aromatic heterocycles. The average molecular weight is 477 g/mol. The Bertz CT molecular complexity index is 828. The van der Waals surface area contributed by atoms with Crippen LogP contribution in [0.15, 0.2) is 11.6 Å². The number of hydrogen-bond donors (Lipinski definition) is 4. The van der Waals surface area contributed by atoms with Crippen molar-refractivity contribution in [2.75, 3.05) is 0 Å². The number of hydrogen-bond acceptors (Lipinski definition) is 4. The van der Waals surface area contributed by atoms with Gasteiger partial charge in [-0.1, -0.05) is 46.3 Å². The van der Waals surface area contributed by atoms with E-state index in [4.69, 9.17) is 0 Å². The number of allylic oxidation sites excluding steroid dienone is 2. The number of rotatable bonds is 4. The molecule has 34 heavy (non-hydrogen) atoms. The van der Waals surface area contributed by atoms with E-state index in [2.05, 4.69) is 54.5 Å². The normalized spacial score (nSPS) is 51.6. The van der Waals surface area contributed by atoms with Crippen LogP contribution < -0.4 is 0 Å². The molecule has 4 aliphatic carbocycles. The van der Waals surface area contributed by atoms with Crippen molar-refractivity contribution in [2.45, 2.75) is 137 Å². The SMILES string of the molecule is CC(C)=CCC[C@](C)(O)[C@H]1CC[C@@]2(C)[C@]3(C)C[C@H](O)[C@H]4C(C)(C)[C@@H](O)CC[C@]4(C)[C@H]3CC[C@]12O. The molecule has 0 bridgehead atoms. The van der Waals surface area contributed by atoms with Crippen LogP contribution in [0.3, 0.4) is 0 Å². The second kappa shape index (κ2) is 8.04. The Morgan fingerprint density at radius 2 is 1.62 bits per heavy atom. The summed E-state index contributed by atoms with van der Waals surface area (Å²) in [5, 5.41) is 46.7. The number of fused-ring (bicyclic) bond motifs is 5. The molecule has 0 saturated heterocycles. The van der Waals surface area contributed by atoms with E-state index < -0.39 is 17.3 Å². The van der Waals surface area contributed by atoms with Crippen molar-refractivity contribution in [1.82, 2.24) is 0 Å². The van der Waals surface area contributed by atoms with Gasteiger partial charge in [0.25, 0.3) is 0 Å². The highest BCUT2D eigenvalue weighted by molar-refractivity contribution is 5.24. The van der Waals surface area contributed by atoms with E-state index in [1.165, 1.54) is 5.57 Å². The molecule has 4 saturated carbocycles. The summed E-state index contributed by atoms with van der Waals surface area (Å²) >= 11 is 0. The zero-order valence-corrected chi connectivity index (χ0v) is 23.1. The first-order valence-electron chi connectivity index (χ1n) is 13.9. The predicted octanol–water partition coefficient (Wildman–Crippen LogP) is 5.62. The molecule has 4 N–H and O–H groups in total. The third-order valence-corrected chi connectivity index (χ3v) is 12.4. The lowest BCUT2D eigenvalue weighted by atomic mass is 9.34. The number of aliphatic hydroxyl groups is 4. The third kappa shape index (κ3) is 3.37. The van der Waals surface area contributed by atoms with Gasteiger partial charge in [0.2, 0.25) is 0 Å². The summed E-state index contributed by atoms with van der Waals surface area (Å²) in [6, 6.07) is 0. The Kier molecular flexibility index (Phi) is 6.30. The molecular weight excluding hydrogens is 424 g/mol. The van der Waals surface area contributed by atoms with Gasteiger partial charge < -0.3 is 20.4 Å². The van der Waals surface area contributed by atoms with Gasteiger partial charge in [0, 0.05) is 11.3 Å². The van der Waals surface area contributed by atoms with Crippen molar-refractivity contribution >= 4 is 0 Å². The first-order chi connectivity index (χ1) is 15.5. The molecule has 0 aliphatic heterocycles. The molecule has 196 valence electrons. The molecule has 4 aliphatic rings. The summed E-state index contributed by atoms with van der Waals surface area (Å²) in [4.78, 5) is 0. The lowest BCUT2D eigenvalue weighted by Crippen LogP contribution is -2.71. The second-order valence-electron chi connectivity index (χ2n) is 14.7. The zero-order chi connectivity index (χ0) is 25.5. The summed E-state index contributed by atoms with van der Waals surface area (Å²) in [5.41, 5.74) is -1.55. The quantitative estimate of drug-likeness (QED) is 0.397. The fourth-order valence-corrected chi connectivity index (χ4v) is 10.6. The Labute approximate surface area is 208 Å². The summed E-state index contributed by atoms with van der Waals surface area (Å²) in [6.07, 6.45) is 8.53. The van der Waals surface area contributed by atoms with E-state index >= 15 is 0 Å². The maximum atomic E-state index is 12.5. The number of aliphatic hydroxyl groups excluding tert-OH is 2. The van der Waals surface area contributed by atoms with Gasteiger partial charge in [-0.15, -0.1) is 0 Å². The molecule has 0 aromatic carbocycles. The van der Waals surface area contributed by atoms with Gasteiger partial charge in [0.15, 0.2) is 0 Å². The lowest BCUT2D eigenvalue weighted by molar-refractivity contribution is -0.292. The smallest absolute Gasteiger partial charge is 0.0761 e. The highest BCUT2D eigenvalue weighted by atomic mass is 16.3. The summed E-state index contributed by atoms with van der Waals surface area (Å²) in [5.74, 6) is 0.293. The van der Waals surface area contributed by atoms with Crippen LogP contribution >= 0.6 is 0 Å². The van der Waals surface area contributed by atoms with Crippen LogP contribution in [0.25, 0.3) is 0 Å². The monoisotopic (exact) mass is 476 g/mol. The van der Waals surface area contributed by atoms with Crippen LogP contribution in [0.2, 0.25) is 0 Å². The molecule has 4 rings (SSSR count). The van der Waals surface area contributed by atoms with Crippen molar-refractivity contribution in [3.05, 3.63) is 11.6 Å². The molecule has 0 radical (unpaired) electrons. The largest absolute Gasteiger partial charge is 0.393 e. The Hall–Kier alpha value is -0.420. The fraction of sp³-hybridized carbons (Fsp3) is 0.933. The van der Waals surface area contributed by atoms with Gasteiger partial charge in [-0.3, -0.25) is 0 Å². The van der Waals surface area contributed by atoms with Crippen molar-refractivity contribution in [3.8, 4) is 0 Å². The zero-order valence-electron chi connectivity index (χ0n) is 23.1. The van der Waals surface area contributed by atoms with E-state index in [1.54, 1.807) is 0 Å². The standard InChI is InChI=1S/C30H52O4/c1-19(2)10-9-14-28(7,33)22-11-16-29(8)27(6)18-20(31)24-25(3,4)23(32)13-15-26(24,5)21(27)12-17-30(22,29)34/h10,20-24,31-34H,9,11-18H2,1-8H3/t20-,21+,22+,23-,24-,26+,27+,28-,29-,30-/m0/s1. The summed E-state index contributed by atoms with van der Waals surface area (Å²) in [6.45, 7) is 17.4. The van der Waals surface area contributed by atoms with E-state index in [-0.39, 0.29) is 39.6 Å².